The molecule has 1 aliphatic heterocycles. The molecule has 0 unspecified atom stereocenters. The average Bonchev–Trinajstić information content (AvgIpc) is 2.84. The van der Waals surface area contributed by atoms with Gasteiger partial charge in [0.25, 0.3) is 0 Å². The predicted octanol–water partition coefficient (Wildman–Crippen LogP) is 1.75. The van der Waals surface area contributed by atoms with Crippen LogP contribution in [0.1, 0.15) is 6.42 Å². The van der Waals surface area contributed by atoms with E-state index in [0.717, 1.165) is 11.0 Å². The molecule has 0 aliphatic carbocycles. The molecule has 1 saturated heterocycles. The fraction of sp³-hybridized carbons (Fsp3) is 0.385. The van der Waals surface area contributed by atoms with E-state index in [1.54, 1.807) is 0 Å². The summed E-state index contributed by atoms with van der Waals surface area (Å²) in [6.45, 7) is 0.784. The fourth-order valence-corrected chi connectivity index (χ4v) is 2.50. The zero-order chi connectivity index (χ0) is 14.1. The molecule has 3 rings (SSSR count). The zero-order valence-corrected chi connectivity index (χ0v) is 10.7. The molecule has 1 aromatic carbocycles. The molecule has 1 aliphatic rings. The van der Waals surface area contributed by atoms with E-state index in [0.29, 0.717) is 12.5 Å². The van der Waals surface area contributed by atoms with Crippen LogP contribution in [-0.2, 0) is 0 Å². The molecule has 1 aromatic heterocycles. The van der Waals surface area contributed by atoms with Gasteiger partial charge in [-0.3, -0.25) is 0 Å². The molecule has 0 saturated carbocycles. The van der Waals surface area contributed by atoms with E-state index in [1.807, 2.05) is 29.2 Å². The van der Waals surface area contributed by atoms with Crippen LogP contribution in [-0.4, -0.2) is 46.5 Å². The minimum Gasteiger partial charge on any atom is -0.465 e. The van der Waals surface area contributed by atoms with Gasteiger partial charge in [-0.1, -0.05) is 12.1 Å². The molecule has 7 heteroatoms. The Morgan fingerprint density at radius 2 is 2.30 bits per heavy atom. The molecular weight excluding hydrogens is 263 g/mol. The number of rotatable bonds is 2. The van der Waals surface area contributed by atoms with Gasteiger partial charge in [-0.2, -0.15) is 0 Å². The standard InChI is InChI=1S/C13H15FN4O2/c14-8-5-6-18(7-11(8)17-13(19)20)12-15-9-3-1-2-4-10(9)16-12/h1-4,8,11,17H,5-7H2,(H,15,16)(H,19,20)/t8-,11-/m1/s1. The number of amides is 1. The number of aromatic amines is 1. The number of imidazole rings is 1. The highest BCUT2D eigenvalue weighted by Crippen LogP contribution is 2.22. The molecule has 20 heavy (non-hydrogen) atoms. The molecule has 2 aromatic rings. The van der Waals surface area contributed by atoms with E-state index in [-0.39, 0.29) is 13.0 Å². The van der Waals surface area contributed by atoms with E-state index in [2.05, 4.69) is 15.3 Å². The number of alkyl halides is 1. The van der Waals surface area contributed by atoms with Crippen LogP contribution in [0, 0.1) is 0 Å². The van der Waals surface area contributed by atoms with Crippen LogP contribution in [0.3, 0.4) is 0 Å². The molecule has 0 radical (unpaired) electrons. The van der Waals surface area contributed by atoms with E-state index < -0.39 is 18.3 Å². The summed E-state index contributed by atoms with van der Waals surface area (Å²) in [5.74, 6) is 0.648. The molecular formula is C13H15FN4O2. The third kappa shape index (κ3) is 2.38. The Morgan fingerprint density at radius 3 is 3.05 bits per heavy atom. The van der Waals surface area contributed by atoms with Crippen LogP contribution in [0.15, 0.2) is 24.3 Å². The van der Waals surface area contributed by atoms with Crippen molar-refractivity contribution in [1.82, 2.24) is 15.3 Å². The lowest BCUT2D eigenvalue weighted by atomic mass is 10.0. The molecule has 0 bridgehead atoms. The van der Waals surface area contributed by atoms with E-state index in [4.69, 9.17) is 5.11 Å². The predicted molar refractivity (Wildman–Crippen MR) is 72.8 cm³/mol. The van der Waals surface area contributed by atoms with Crippen LogP contribution < -0.4 is 10.2 Å². The average molecular weight is 278 g/mol. The summed E-state index contributed by atoms with van der Waals surface area (Å²) in [4.78, 5) is 20.2. The number of piperidine rings is 1. The Hall–Kier alpha value is -2.31. The highest BCUT2D eigenvalue weighted by Gasteiger charge is 2.31. The van der Waals surface area contributed by atoms with Crippen molar-refractivity contribution < 1.29 is 14.3 Å². The van der Waals surface area contributed by atoms with Crippen molar-refractivity contribution in [2.24, 2.45) is 0 Å². The van der Waals surface area contributed by atoms with E-state index in [1.165, 1.54) is 0 Å². The molecule has 2 atom stereocenters. The second kappa shape index (κ2) is 4.99. The number of nitrogens with zero attached hydrogens (tertiary/aromatic N) is 2. The first-order valence-corrected chi connectivity index (χ1v) is 6.47. The van der Waals surface area contributed by atoms with Gasteiger partial charge in [0.1, 0.15) is 6.17 Å². The number of hydrogen-bond acceptors (Lipinski definition) is 3. The summed E-state index contributed by atoms with van der Waals surface area (Å²) in [5, 5.41) is 11.0. The Balaban J connectivity index is 1.81. The van der Waals surface area contributed by atoms with Gasteiger partial charge in [-0.05, 0) is 18.6 Å². The normalized spacial score (nSPS) is 22.9. The Morgan fingerprint density at radius 1 is 1.50 bits per heavy atom. The highest BCUT2D eigenvalue weighted by molar-refractivity contribution is 5.77. The lowest BCUT2D eigenvalue weighted by molar-refractivity contribution is 0.167. The Labute approximate surface area is 114 Å². The lowest BCUT2D eigenvalue weighted by Gasteiger charge is -2.34. The second-order valence-electron chi connectivity index (χ2n) is 4.88. The summed E-state index contributed by atoms with van der Waals surface area (Å²) < 4.78 is 13.7. The molecule has 1 fully saturated rings. The van der Waals surface area contributed by atoms with Crippen LogP contribution >= 0.6 is 0 Å². The highest BCUT2D eigenvalue weighted by atomic mass is 19.1. The molecule has 3 N–H and O–H groups in total. The monoisotopic (exact) mass is 278 g/mol. The maximum absolute atomic E-state index is 13.7. The summed E-state index contributed by atoms with van der Waals surface area (Å²) >= 11 is 0. The maximum atomic E-state index is 13.7. The van der Waals surface area contributed by atoms with Crippen LogP contribution in [0.2, 0.25) is 0 Å². The van der Waals surface area contributed by atoms with Crippen molar-refractivity contribution >= 4 is 23.1 Å². The number of carboxylic acid groups (broad SMARTS) is 1. The fourth-order valence-electron chi connectivity index (χ4n) is 2.50. The van der Waals surface area contributed by atoms with Gasteiger partial charge in [0.2, 0.25) is 5.95 Å². The van der Waals surface area contributed by atoms with Gasteiger partial charge in [0.15, 0.2) is 0 Å². The number of aromatic nitrogens is 2. The number of halogens is 1. The third-order valence-electron chi connectivity index (χ3n) is 3.51. The van der Waals surface area contributed by atoms with Gasteiger partial charge >= 0.3 is 6.09 Å². The van der Waals surface area contributed by atoms with E-state index >= 15 is 0 Å². The van der Waals surface area contributed by atoms with Crippen molar-refractivity contribution in [3.05, 3.63) is 24.3 Å². The zero-order valence-electron chi connectivity index (χ0n) is 10.7. The quantitative estimate of drug-likeness (QED) is 0.781. The van der Waals surface area contributed by atoms with Crippen molar-refractivity contribution in [3.8, 4) is 0 Å². The SMILES string of the molecule is O=C(O)N[C@@H]1CN(c2nc3ccccc3[nH]2)CC[C@H]1F. The minimum absolute atomic E-state index is 0.271. The maximum Gasteiger partial charge on any atom is 0.405 e. The van der Waals surface area contributed by atoms with Crippen molar-refractivity contribution in [1.29, 1.82) is 0 Å². The summed E-state index contributed by atoms with van der Waals surface area (Å²) in [6.07, 6.45) is -2.09. The topological polar surface area (TPSA) is 81.2 Å². The van der Waals surface area contributed by atoms with Gasteiger partial charge in [0.05, 0.1) is 17.1 Å². The summed E-state index contributed by atoms with van der Waals surface area (Å²) in [6, 6.07) is 6.89. The van der Waals surface area contributed by atoms with Crippen molar-refractivity contribution in [2.75, 3.05) is 18.0 Å². The molecule has 0 spiro atoms. The molecule has 106 valence electrons. The van der Waals surface area contributed by atoms with Gasteiger partial charge in [0, 0.05) is 13.1 Å². The third-order valence-corrected chi connectivity index (χ3v) is 3.51. The number of para-hydroxylation sites is 2. The van der Waals surface area contributed by atoms with Crippen molar-refractivity contribution in [3.63, 3.8) is 0 Å². The number of carbonyl (C=O) groups is 1. The van der Waals surface area contributed by atoms with Crippen LogP contribution in [0.5, 0.6) is 0 Å². The minimum atomic E-state index is -1.20. The number of benzene rings is 1. The Bertz CT molecular complexity index is 597. The number of H-pyrrole nitrogens is 1. The number of hydrogen-bond donors (Lipinski definition) is 3. The van der Waals surface area contributed by atoms with Gasteiger partial charge in [-0.15, -0.1) is 0 Å². The lowest BCUT2D eigenvalue weighted by Crippen LogP contribution is -2.53. The van der Waals surface area contributed by atoms with E-state index in [9.17, 15) is 9.18 Å². The van der Waals surface area contributed by atoms with Crippen LogP contribution in [0.25, 0.3) is 11.0 Å². The summed E-state index contributed by atoms with van der Waals surface area (Å²) in [5.41, 5.74) is 1.75. The first kappa shape index (κ1) is 12.7. The molecule has 6 nitrogen and oxygen atoms in total. The number of fused-ring (bicyclic) bond motifs is 1. The second-order valence-corrected chi connectivity index (χ2v) is 4.88. The largest absolute Gasteiger partial charge is 0.465 e. The van der Waals surface area contributed by atoms with Crippen LogP contribution in [0.4, 0.5) is 15.1 Å². The van der Waals surface area contributed by atoms with Gasteiger partial charge < -0.3 is 20.3 Å². The number of anilines is 1. The number of nitrogens with one attached hydrogen (secondary N) is 2. The molecule has 2 heterocycles. The Kier molecular flexibility index (Phi) is 3.17. The smallest absolute Gasteiger partial charge is 0.405 e. The first-order chi connectivity index (χ1) is 9.63. The summed E-state index contributed by atoms with van der Waals surface area (Å²) in [7, 11) is 0. The van der Waals surface area contributed by atoms with Crippen molar-refractivity contribution in [2.45, 2.75) is 18.6 Å². The van der Waals surface area contributed by atoms with Gasteiger partial charge in [-0.25, -0.2) is 14.2 Å². The first-order valence-electron chi connectivity index (χ1n) is 6.47. The molecule has 1 amide bonds.